The molecule has 3 aromatic carbocycles. The van der Waals surface area contributed by atoms with Crippen LogP contribution in [0.2, 0.25) is 0 Å². The number of imide groups is 1. The van der Waals surface area contributed by atoms with Crippen LogP contribution in [0, 0.1) is 11.8 Å². The largest absolute Gasteiger partial charge is 0.484 e. The van der Waals surface area contributed by atoms with Crippen LogP contribution >= 0.6 is 0 Å². The Kier molecular flexibility index (Phi) is 17.1. The minimum Gasteiger partial charge on any atom is -0.484 e. The number of hydrogen-bond acceptors (Lipinski definition) is 9. The topological polar surface area (TPSA) is 177 Å². The smallest absolute Gasteiger partial charge is 0.328 e. The summed E-state index contributed by atoms with van der Waals surface area (Å²) in [5, 5.41) is 16.6. The summed E-state index contributed by atoms with van der Waals surface area (Å²) in [6, 6.07) is 22.3. The van der Waals surface area contributed by atoms with Crippen LogP contribution < -0.4 is 21.1 Å². The fourth-order valence-corrected chi connectivity index (χ4v) is 5.89. The van der Waals surface area contributed by atoms with E-state index in [9.17, 15) is 29.1 Å². The molecule has 12 heteroatoms. The number of carbonyl (C=O) groups excluding carboxylic acids is 5. The van der Waals surface area contributed by atoms with Crippen molar-refractivity contribution in [1.82, 2.24) is 15.5 Å². The molecule has 0 spiro atoms. The zero-order valence-electron chi connectivity index (χ0n) is 31.3. The first-order valence-electron chi connectivity index (χ1n) is 18.0. The fraction of sp³-hybridized carbons (Fsp3) is 0.439. The Morgan fingerprint density at radius 3 is 1.79 bits per heavy atom. The molecule has 0 radical (unpaired) electrons. The molecule has 3 aromatic rings. The van der Waals surface area contributed by atoms with Crippen LogP contribution in [0.3, 0.4) is 0 Å². The predicted molar refractivity (Wildman–Crippen MR) is 201 cm³/mol. The highest BCUT2D eigenvalue weighted by molar-refractivity contribution is 6.04. The standard InChI is InChI=1S/C41H54N4O8/c1-27(2)21-33(43-37(47)26-53-31-19-13-8-14-20-31)40(50)45(38(48)25-36(46)32(42)23-29-15-9-6-10-16-29)35(22-28(3)4)39(49)44-34(41(51)52-5)24-30-17-11-7-12-18-30/h6-20,27-28,32-36,46H,21-26,42H2,1-5H3,(H,43,47)(H,44,49)/t32-,33-,34?,35-,36-/m0/s1. The Hall–Kier alpha value is -5.07. The molecule has 0 saturated heterocycles. The molecule has 0 heterocycles. The van der Waals surface area contributed by atoms with Crippen LogP contribution in [-0.2, 0) is 41.6 Å². The number of ether oxygens (including phenoxy) is 2. The highest BCUT2D eigenvalue weighted by Crippen LogP contribution is 2.20. The van der Waals surface area contributed by atoms with Crippen molar-refractivity contribution in [3.05, 3.63) is 102 Å². The Labute approximate surface area is 312 Å². The van der Waals surface area contributed by atoms with Gasteiger partial charge in [-0.1, -0.05) is 107 Å². The first-order chi connectivity index (χ1) is 25.3. The molecule has 3 rings (SSSR count). The van der Waals surface area contributed by atoms with Crippen LogP contribution in [0.15, 0.2) is 91.0 Å². The number of esters is 1. The number of rotatable bonds is 20. The number of nitrogens with two attached hydrogens (primary N) is 1. The molecule has 0 fully saturated rings. The molecule has 0 bridgehead atoms. The predicted octanol–water partition coefficient (Wildman–Crippen LogP) is 3.59. The van der Waals surface area contributed by atoms with Gasteiger partial charge in [-0.2, -0.15) is 0 Å². The van der Waals surface area contributed by atoms with Gasteiger partial charge in [-0.05, 0) is 54.4 Å². The Morgan fingerprint density at radius 2 is 1.26 bits per heavy atom. The molecule has 286 valence electrons. The molecule has 4 amide bonds. The lowest BCUT2D eigenvalue weighted by atomic mass is 9.95. The van der Waals surface area contributed by atoms with Gasteiger partial charge in [-0.25, -0.2) is 4.79 Å². The zero-order chi connectivity index (χ0) is 38.9. The molecular weight excluding hydrogens is 676 g/mol. The number of carbonyl (C=O) groups is 5. The quantitative estimate of drug-likeness (QED) is 0.127. The van der Waals surface area contributed by atoms with Gasteiger partial charge in [0.2, 0.25) is 11.8 Å². The summed E-state index contributed by atoms with van der Waals surface area (Å²) in [6.45, 7) is 6.97. The van der Waals surface area contributed by atoms with E-state index < -0.39 is 72.9 Å². The molecule has 0 aliphatic carbocycles. The van der Waals surface area contributed by atoms with E-state index in [2.05, 4.69) is 10.6 Å². The molecule has 12 nitrogen and oxygen atoms in total. The van der Waals surface area contributed by atoms with Crippen LogP contribution in [0.1, 0.15) is 58.1 Å². The number of hydrogen-bond donors (Lipinski definition) is 4. The molecular formula is C41H54N4O8. The first kappa shape index (κ1) is 42.3. The number of aliphatic hydroxyl groups is 1. The molecule has 0 aliphatic heterocycles. The maximum atomic E-state index is 14.6. The van der Waals surface area contributed by atoms with Crippen molar-refractivity contribution in [3.63, 3.8) is 0 Å². The first-order valence-corrected chi connectivity index (χ1v) is 18.0. The second-order valence-electron chi connectivity index (χ2n) is 14.0. The van der Waals surface area contributed by atoms with Gasteiger partial charge >= 0.3 is 5.97 Å². The number of nitrogens with zero attached hydrogens (tertiary/aromatic N) is 1. The van der Waals surface area contributed by atoms with Gasteiger partial charge in [0.1, 0.15) is 23.9 Å². The van der Waals surface area contributed by atoms with Crippen molar-refractivity contribution in [2.75, 3.05) is 13.7 Å². The minimum atomic E-state index is -1.41. The lowest BCUT2D eigenvalue weighted by molar-refractivity contribution is -0.156. The summed E-state index contributed by atoms with van der Waals surface area (Å²) in [5.41, 5.74) is 7.94. The third kappa shape index (κ3) is 14.1. The molecule has 5 N–H and O–H groups in total. The summed E-state index contributed by atoms with van der Waals surface area (Å²) < 4.78 is 10.6. The van der Waals surface area contributed by atoms with Crippen molar-refractivity contribution >= 4 is 29.6 Å². The average Bonchev–Trinajstić information content (AvgIpc) is 3.13. The normalized spacial score (nSPS) is 14.0. The van der Waals surface area contributed by atoms with Gasteiger partial charge in [0, 0.05) is 12.5 Å². The van der Waals surface area contributed by atoms with Gasteiger partial charge < -0.3 is 30.9 Å². The van der Waals surface area contributed by atoms with Gasteiger partial charge in [0.25, 0.3) is 11.8 Å². The third-order valence-electron chi connectivity index (χ3n) is 8.55. The molecule has 5 atom stereocenters. The summed E-state index contributed by atoms with van der Waals surface area (Å²) in [4.78, 5) is 70.2. The Morgan fingerprint density at radius 1 is 0.736 bits per heavy atom. The van der Waals surface area contributed by atoms with Gasteiger partial charge in [0.15, 0.2) is 6.61 Å². The Bertz CT molecular complexity index is 1600. The fourth-order valence-electron chi connectivity index (χ4n) is 5.89. The number of nitrogens with one attached hydrogen (secondary N) is 2. The lowest BCUT2D eigenvalue weighted by Crippen LogP contribution is -2.60. The number of benzene rings is 3. The highest BCUT2D eigenvalue weighted by atomic mass is 16.5. The number of para-hydroxylation sites is 1. The van der Waals surface area contributed by atoms with Gasteiger partial charge in [-0.3, -0.25) is 24.1 Å². The molecule has 53 heavy (non-hydrogen) atoms. The van der Waals surface area contributed by atoms with Crippen LogP contribution in [0.5, 0.6) is 5.75 Å². The van der Waals surface area contributed by atoms with E-state index in [0.29, 0.717) is 5.75 Å². The van der Waals surface area contributed by atoms with E-state index in [0.717, 1.165) is 16.0 Å². The van der Waals surface area contributed by atoms with Crippen LogP contribution in [0.25, 0.3) is 0 Å². The van der Waals surface area contributed by atoms with E-state index in [1.165, 1.54) is 7.11 Å². The molecule has 1 unspecified atom stereocenters. The van der Waals surface area contributed by atoms with Gasteiger partial charge in [-0.15, -0.1) is 0 Å². The minimum absolute atomic E-state index is 0.0220. The maximum absolute atomic E-state index is 14.6. The van der Waals surface area contributed by atoms with E-state index in [4.69, 9.17) is 15.2 Å². The molecule has 0 aliphatic rings. The second kappa shape index (κ2) is 21.5. The van der Waals surface area contributed by atoms with E-state index in [1.54, 1.807) is 54.6 Å². The molecule has 0 aromatic heterocycles. The maximum Gasteiger partial charge on any atom is 0.328 e. The highest BCUT2D eigenvalue weighted by Gasteiger charge is 2.41. The summed E-state index contributed by atoms with van der Waals surface area (Å²) in [7, 11) is 1.21. The van der Waals surface area contributed by atoms with E-state index >= 15 is 0 Å². The van der Waals surface area contributed by atoms with Gasteiger partial charge in [0.05, 0.1) is 19.6 Å². The van der Waals surface area contributed by atoms with Crippen LogP contribution in [-0.4, -0.2) is 83.6 Å². The third-order valence-corrected chi connectivity index (χ3v) is 8.55. The van der Waals surface area contributed by atoms with Crippen molar-refractivity contribution in [2.45, 2.75) is 90.1 Å². The molecule has 0 saturated carbocycles. The number of aliphatic hydroxyl groups excluding tert-OH is 1. The monoisotopic (exact) mass is 730 g/mol. The SMILES string of the molecule is COC(=O)C(Cc1ccccc1)NC(=O)[C@H](CC(C)C)N(C(=O)C[C@H](O)[C@@H](N)Cc1ccccc1)C(=O)[C@H](CC(C)C)NC(=O)COc1ccccc1. The van der Waals surface area contributed by atoms with Crippen molar-refractivity contribution < 1.29 is 38.6 Å². The number of amides is 4. The van der Waals surface area contributed by atoms with E-state index in [1.807, 2.05) is 64.1 Å². The summed E-state index contributed by atoms with van der Waals surface area (Å²) in [6.07, 6.45) is -1.45. The summed E-state index contributed by atoms with van der Waals surface area (Å²) >= 11 is 0. The average molecular weight is 731 g/mol. The van der Waals surface area contributed by atoms with Crippen molar-refractivity contribution in [3.8, 4) is 5.75 Å². The second-order valence-corrected chi connectivity index (χ2v) is 14.0. The lowest BCUT2D eigenvalue weighted by Gasteiger charge is -2.35. The number of methoxy groups -OCH3 is 1. The Balaban J connectivity index is 1.98. The van der Waals surface area contributed by atoms with E-state index in [-0.39, 0.29) is 37.5 Å². The zero-order valence-corrected chi connectivity index (χ0v) is 31.3. The van der Waals surface area contributed by atoms with Crippen molar-refractivity contribution in [1.29, 1.82) is 0 Å². The summed E-state index contributed by atoms with van der Waals surface area (Å²) in [5.74, 6) is -3.64. The van der Waals surface area contributed by atoms with Crippen LogP contribution in [0.4, 0.5) is 0 Å². The van der Waals surface area contributed by atoms with Crippen molar-refractivity contribution in [2.24, 2.45) is 17.6 Å².